The molecule has 0 spiro atoms. The molecule has 15 heavy (non-hydrogen) atoms. The zero-order valence-electron chi connectivity index (χ0n) is 9.41. The van der Waals surface area contributed by atoms with Gasteiger partial charge < -0.3 is 5.73 Å². The number of nitrogens with two attached hydrogens (primary N) is 1. The third kappa shape index (κ3) is 2.79. The molecule has 2 N–H and O–H groups in total. The molecule has 1 fully saturated rings. The van der Waals surface area contributed by atoms with Crippen LogP contribution in [-0.2, 0) is 6.42 Å². The molecule has 3 heteroatoms. The largest absolute Gasteiger partial charge is 0.328 e. The maximum atomic E-state index is 5.91. The van der Waals surface area contributed by atoms with Crippen molar-refractivity contribution in [3.63, 3.8) is 0 Å². The van der Waals surface area contributed by atoms with Crippen molar-refractivity contribution in [3.05, 3.63) is 16.1 Å². The monoisotopic (exact) mass is 224 g/mol. The zero-order valence-corrected chi connectivity index (χ0v) is 10.2. The first kappa shape index (κ1) is 11.1. The third-order valence-electron chi connectivity index (χ3n) is 3.20. The van der Waals surface area contributed by atoms with Crippen molar-refractivity contribution >= 4 is 11.3 Å². The standard InChI is InChI=1S/C12H20N2S/c1-2-3-11-8-15-12(14-11)9-4-6-10(13)7-5-9/h8-10H,2-7,13H2,1H3. The predicted octanol–water partition coefficient (Wildman–Crippen LogP) is 3.08. The van der Waals surface area contributed by atoms with Gasteiger partial charge in [-0.2, -0.15) is 0 Å². The molecule has 1 saturated carbocycles. The van der Waals surface area contributed by atoms with Crippen LogP contribution in [0.15, 0.2) is 5.38 Å². The third-order valence-corrected chi connectivity index (χ3v) is 4.25. The van der Waals surface area contributed by atoms with E-state index in [1.807, 2.05) is 11.3 Å². The van der Waals surface area contributed by atoms with Crippen LogP contribution in [0, 0.1) is 0 Å². The summed E-state index contributed by atoms with van der Waals surface area (Å²) in [5.74, 6) is 0.695. The first-order chi connectivity index (χ1) is 7.29. The number of aromatic nitrogens is 1. The van der Waals surface area contributed by atoms with E-state index < -0.39 is 0 Å². The number of nitrogens with zero attached hydrogens (tertiary/aromatic N) is 1. The normalized spacial score (nSPS) is 26.8. The molecular weight excluding hydrogens is 204 g/mol. The second-order valence-electron chi connectivity index (χ2n) is 4.54. The van der Waals surface area contributed by atoms with Crippen molar-refractivity contribution in [1.29, 1.82) is 0 Å². The van der Waals surface area contributed by atoms with E-state index in [9.17, 15) is 0 Å². The lowest BCUT2D eigenvalue weighted by molar-refractivity contribution is 0.394. The van der Waals surface area contributed by atoms with Gasteiger partial charge in [0.25, 0.3) is 0 Å². The second-order valence-corrected chi connectivity index (χ2v) is 5.43. The van der Waals surface area contributed by atoms with Crippen molar-refractivity contribution in [2.45, 2.75) is 57.4 Å². The van der Waals surface area contributed by atoms with E-state index in [4.69, 9.17) is 10.7 Å². The lowest BCUT2D eigenvalue weighted by Gasteiger charge is -2.24. The van der Waals surface area contributed by atoms with Gasteiger partial charge in [-0.3, -0.25) is 0 Å². The van der Waals surface area contributed by atoms with E-state index in [1.165, 1.54) is 42.8 Å². The molecular formula is C12H20N2S. The predicted molar refractivity (Wildman–Crippen MR) is 65.3 cm³/mol. The van der Waals surface area contributed by atoms with E-state index >= 15 is 0 Å². The van der Waals surface area contributed by atoms with Crippen LogP contribution < -0.4 is 5.73 Å². The van der Waals surface area contributed by atoms with Crippen molar-refractivity contribution in [2.75, 3.05) is 0 Å². The van der Waals surface area contributed by atoms with Crippen LogP contribution in [0.3, 0.4) is 0 Å². The highest BCUT2D eigenvalue weighted by Gasteiger charge is 2.22. The van der Waals surface area contributed by atoms with Crippen LogP contribution in [-0.4, -0.2) is 11.0 Å². The molecule has 0 saturated heterocycles. The Hall–Kier alpha value is -0.410. The molecule has 1 heterocycles. The number of thiazole rings is 1. The maximum Gasteiger partial charge on any atom is 0.0959 e. The summed E-state index contributed by atoms with van der Waals surface area (Å²) in [6.07, 6.45) is 7.14. The molecule has 0 aromatic carbocycles. The molecule has 0 amide bonds. The van der Waals surface area contributed by atoms with E-state index in [0.29, 0.717) is 12.0 Å². The fraction of sp³-hybridized carbons (Fsp3) is 0.750. The van der Waals surface area contributed by atoms with Crippen LogP contribution in [0.5, 0.6) is 0 Å². The van der Waals surface area contributed by atoms with Crippen molar-refractivity contribution in [2.24, 2.45) is 5.73 Å². The van der Waals surface area contributed by atoms with Crippen LogP contribution in [0.1, 0.15) is 55.6 Å². The zero-order chi connectivity index (χ0) is 10.7. The van der Waals surface area contributed by atoms with Gasteiger partial charge in [0.2, 0.25) is 0 Å². The number of hydrogen-bond donors (Lipinski definition) is 1. The summed E-state index contributed by atoms with van der Waals surface area (Å²) in [5.41, 5.74) is 7.20. The molecule has 0 aliphatic heterocycles. The van der Waals surface area contributed by atoms with Gasteiger partial charge >= 0.3 is 0 Å². The average Bonchev–Trinajstić information content (AvgIpc) is 2.68. The Bertz CT molecular complexity index is 300. The average molecular weight is 224 g/mol. The minimum absolute atomic E-state index is 0.441. The Balaban J connectivity index is 1.96. The topological polar surface area (TPSA) is 38.9 Å². The van der Waals surface area contributed by atoms with Gasteiger partial charge in [-0.15, -0.1) is 11.3 Å². The Morgan fingerprint density at radius 2 is 2.13 bits per heavy atom. The molecule has 2 nitrogen and oxygen atoms in total. The summed E-state index contributed by atoms with van der Waals surface area (Å²) in [7, 11) is 0. The Kier molecular flexibility index (Phi) is 3.76. The van der Waals surface area contributed by atoms with Gasteiger partial charge in [0.1, 0.15) is 0 Å². The Morgan fingerprint density at radius 1 is 1.40 bits per heavy atom. The minimum Gasteiger partial charge on any atom is -0.328 e. The van der Waals surface area contributed by atoms with Crippen LogP contribution in [0.2, 0.25) is 0 Å². The summed E-state index contributed by atoms with van der Waals surface area (Å²) in [6, 6.07) is 0.441. The molecule has 0 atom stereocenters. The summed E-state index contributed by atoms with van der Waals surface area (Å²) >= 11 is 1.85. The number of rotatable bonds is 3. The fourth-order valence-corrected chi connectivity index (χ4v) is 3.27. The van der Waals surface area contributed by atoms with E-state index in [1.54, 1.807) is 0 Å². The smallest absolute Gasteiger partial charge is 0.0959 e. The van der Waals surface area contributed by atoms with Gasteiger partial charge in [0, 0.05) is 17.3 Å². The lowest BCUT2D eigenvalue weighted by atomic mass is 9.87. The summed E-state index contributed by atoms with van der Waals surface area (Å²) < 4.78 is 0. The molecule has 0 unspecified atom stereocenters. The van der Waals surface area contributed by atoms with E-state index in [-0.39, 0.29) is 0 Å². The van der Waals surface area contributed by atoms with Gasteiger partial charge in [0.05, 0.1) is 10.7 Å². The quantitative estimate of drug-likeness (QED) is 0.857. The van der Waals surface area contributed by atoms with Crippen molar-refractivity contribution < 1.29 is 0 Å². The molecule has 1 aliphatic carbocycles. The Morgan fingerprint density at radius 3 is 2.80 bits per heavy atom. The summed E-state index contributed by atoms with van der Waals surface area (Å²) in [4.78, 5) is 4.73. The van der Waals surface area contributed by atoms with Crippen molar-refractivity contribution in [3.8, 4) is 0 Å². The highest BCUT2D eigenvalue weighted by molar-refractivity contribution is 7.09. The maximum absolute atomic E-state index is 5.91. The molecule has 0 radical (unpaired) electrons. The second kappa shape index (κ2) is 5.08. The SMILES string of the molecule is CCCc1csc(C2CCC(N)CC2)n1. The molecule has 2 rings (SSSR count). The molecule has 0 bridgehead atoms. The van der Waals surface area contributed by atoms with Gasteiger partial charge in [-0.05, 0) is 32.1 Å². The fourth-order valence-electron chi connectivity index (χ4n) is 2.25. The van der Waals surface area contributed by atoms with Gasteiger partial charge in [-0.1, -0.05) is 13.3 Å². The number of aryl methyl sites for hydroxylation is 1. The minimum atomic E-state index is 0.441. The highest BCUT2D eigenvalue weighted by atomic mass is 32.1. The highest BCUT2D eigenvalue weighted by Crippen LogP contribution is 2.33. The van der Waals surface area contributed by atoms with Crippen LogP contribution in [0.4, 0.5) is 0 Å². The number of hydrogen-bond acceptors (Lipinski definition) is 3. The Labute approximate surface area is 95.9 Å². The lowest BCUT2D eigenvalue weighted by Crippen LogP contribution is -2.25. The first-order valence-corrected chi connectivity index (χ1v) is 6.87. The van der Waals surface area contributed by atoms with Crippen molar-refractivity contribution in [1.82, 2.24) is 4.98 Å². The summed E-state index contributed by atoms with van der Waals surface area (Å²) in [5, 5.41) is 3.58. The van der Waals surface area contributed by atoms with E-state index in [2.05, 4.69) is 12.3 Å². The molecule has 84 valence electrons. The molecule has 1 aromatic heterocycles. The van der Waals surface area contributed by atoms with E-state index in [0.717, 1.165) is 6.42 Å². The van der Waals surface area contributed by atoms with Gasteiger partial charge in [-0.25, -0.2) is 4.98 Å². The van der Waals surface area contributed by atoms with Crippen LogP contribution >= 0.6 is 11.3 Å². The summed E-state index contributed by atoms with van der Waals surface area (Å²) in [6.45, 7) is 2.21. The first-order valence-electron chi connectivity index (χ1n) is 5.99. The molecule has 1 aromatic rings. The van der Waals surface area contributed by atoms with Gasteiger partial charge in [0.15, 0.2) is 0 Å². The van der Waals surface area contributed by atoms with Crippen LogP contribution in [0.25, 0.3) is 0 Å². The molecule has 1 aliphatic rings.